The van der Waals surface area contributed by atoms with Gasteiger partial charge in [0.25, 0.3) is 0 Å². The molecule has 0 spiro atoms. The van der Waals surface area contributed by atoms with Crippen LogP contribution in [0.5, 0.6) is 0 Å². The predicted octanol–water partition coefficient (Wildman–Crippen LogP) is -0.331. The van der Waals surface area contributed by atoms with Crippen molar-refractivity contribution in [2.75, 3.05) is 13.2 Å². The van der Waals surface area contributed by atoms with Crippen LogP contribution in [0.1, 0.15) is 13.8 Å². The maximum Gasteiger partial charge on any atom is 0.169 e. The van der Waals surface area contributed by atoms with Crippen molar-refractivity contribution in [1.29, 1.82) is 0 Å². The van der Waals surface area contributed by atoms with Crippen LogP contribution in [0.2, 0.25) is 0 Å². The normalized spacial score (nSPS) is 46.3. The lowest BCUT2D eigenvalue weighted by atomic mass is 9.94. The van der Waals surface area contributed by atoms with Gasteiger partial charge in [-0.15, -0.1) is 0 Å². The molecule has 0 unspecified atom stereocenters. The van der Waals surface area contributed by atoms with Crippen LogP contribution in [-0.2, 0) is 14.2 Å². The Kier molecular flexibility index (Phi) is 2.53. The maximum atomic E-state index is 9.47. The van der Waals surface area contributed by atoms with Crippen LogP contribution in [0.15, 0.2) is 0 Å². The van der Waals surface area contributed by atoms with E-state index in [1.165, 1.54) is 0 Å². The van der Waals surface area contributed by atoms with Crippen LogP contribution in [0.3, 0.4) is 0 Å². The number of fused-ring (bicyclic) bond motifs is 1. The molecule has 0 aliphatic carbocycles. The average Bonchev–Trinajstić information content (AvgIpc) is 2.37. The van der Waals surface area contributed by atoms with Crippen molar-refractivity contribution in [2.24, 2.45) is 11.8 Å². The zero-order valence-electron chi connectivity index (χ0n) is 8.34. The molecule has 0 bridgehead atoms. The van der Waals surface area contributed by atoms with E-state index in [-0.39, 0.29) is 18.4 Å². The smallest absolute Gasteiger partial charge is 0.169 e. The van der Waals surface area contributed by atoms with Crippen LogP contribution >= 0.6 is 0 Å². The zero-order chi connectivity index (χ0) is 10.3. The van der Waals surface area contributed by atoms with Crippen LogP contribution < -0.4 is 0 Å². The first-order valence-electron chi connectivity index (χ1n) is 4.79. The Morgan fingerprint density at radius 2 is 2.14 bits per heavy atom. The summed E-state index contributed by atoms with van der Waals surface area (Å²) in [5, 5.41) is 18.5. The summed E-state index contributed by atoms with van der Waals surface area (Å²) in [6, 6.07) is 0. The highest BCUT2D eigenvalue weighted by atomic mass is 16.8. The molecule has 5 nitrogen and oxygen atoms in total. The minimum atomic E-state index is -0.951. The van der Waals surface area contributed by atoms with E-state index in [2.05, 4.69) is 0 Å². The van der Waals surface area contributed by atoms with Gasteiger partial charge in [0.05, 0.1) is 13.2 Å². The highest BCUT2D eigenvalue weighted by Gasteiger charge is 2.49. The molecule has 2 aliphatic rings. The van der Waals surface area contributed by atoms with Crippen molar-refractivity contribution in [3.63, 3.8) is 0 Å². The fourth-order valence-corrected chi connectivity index (χ4v) is 1.91. The summed E-state index contributed by atoms with van der Waals surface area (Å²) in [6.45, 7) is 3.92. The van der Waals surface area contributed by atoms with Crippen molar-refractivity contribution in [2.45, 2.75) is 32.2 Å². The minimum Gasteiger partial charge on any atom is -0.396 e. The SMILES string of the molecule is CC1(C)OC[C@H]2[C@@H](O[C@H](O)[C@H]2CO)O1. The van der Waals surface area contributed by atoms with Crippen molar-refractivity contribution in [3.05, 3.63) is 0 Å². The molecule has 2 N–H and O–H groups in total. The molecule has 2 fully saturated rings. The summed E-state index contributed by atoms with van der Waals surface area (Å²) >= 11 is 0. The fourth-order valence-electron chi connectivity index (χ4n) is 1.91. The van der Waals surface area contributed by atoms with Gasteiger partial charge >= 0.3 is 0 Å². The third-order valence-corrected chi connectivity index (χ3v) is 2.77. The summed E-state index contributed by atoms with van der Waals surface area (Å²) in [7, 11) is 0. The molecule has 14 heavy (non-hydrogen) atoms. The lowest BCUT2D eigenvalue weighted by Gasteiger charge is -2.37. The lowest BCUT2D eigenvalue weighted by molar-refractivity contribution is -0.343. The van der Waals surface area contributed by atoms with Gasteiger partial charge in [-0.25, -0.2) is 0 Å². The Labute approximate surface area is 82.6 Å². The van der Waals surface area contributed by atoms with Gasteiger partial charge in [0.1, 0.15) is 0 Å². The number of hydrogen-bond donors (Lipinski definition) is 2. The first-order valence-corrected chi connectivity index (χ1v) is 4.79. The van der Waals surface area contributed by atoms with Gasteiger partial charge in [0.2, 0.25) is 0 Å². The second-order valence-electron chi connectivity index (χ2n) is 4.23. The van der Waals surface area contributed by atoms with Crippen molar-refractivity contribution < 1.29 is 24.4 Å². The van der Waals surface area contributed by atoms with Crippen LogP contribution in [-0.4, -0.2) is 41.8 Å². The highest BCUT2D eigenvalue weighted by Crippen LogP contribution is 2.38. The van der Waals surface area contributed by atoms with E-state index < -0.39 is 18.4 Å². The van der Waals surface area contributed by atoms with Gasteiger partial charge in [-0.05, 0) is 13.8 Å². The number of ether oxygens (including phenoxy) is 3. The molecule has 0 aromatic rings. The van der Waals surface area contributed by atoms with E-state index in [0.717, 1.165) is 0 Å². The summed E-state index contributed by atoms with van der Waals surface area (Å²) < 4.78 is 16.1. The van der Waals surface area contributed by atoms with Crippen LogP contribution in [0.4, 0.5) is 0 Å². The topological polar surface area (TPSA) is 68.2 Å². The molecule has 2 rings (SSSR count). The molecule has 2 aliphatic heterocycles. The van der Waals surface area contributed by atoms with E-state index >= 15 is 0 Å². The molecular formula is C9H16O5. The molecule has 2 heterocycles. The minimum absolute atomic E-state index is 0.0805. The average molecular weight is 204 g/mol. The van der Waals surface area contributed by atoms with Gasteiger partial charge in [-0.1, -0.05) is 0 Å². The third kappa shape index (κ3) is 1.66. The largest absolute Gasteiger partial charge is 0.396 e. The molecular weight excluding hydrogens is 188 g/mol. The third-order valence-electron chi connectivity index (χ3n) is 2.77. The molecule has 82 valence electrons. The van der Waals surface area contributed by atoms with E-state index in [1.807, 2.05) is 0 Å². The Bertz CT molecular complexity index is 217. The lowest BCUT2D eigenvalue weighted by Crippen LogP contribution is -2.45. The summed E-state index contributed by atoms with van der Waals surface area (Å²) in [4.78, 5) is 0. The number of aliphatic hydroxyl groups excluding tert-OH is 2. The monoisotopic (exact) mass is 204 g/mol. The van der Waals surface area contributed by atoms with E-state index in [9.17, 15) is 5.11 Å². The van der Waals surface area contributed by atoms with Crippen LogP contribution in [0.25, 0.3) is 0 Å². The summed E-state index contributed by atoms with van der Waals surface area (Å²) in [6.07, 6.45) is -1.42. The highest BCUT2D eigenvalue weighted by molar-refractivity contribution is 4.85. The number of rotatable bonds is 1. The molecule has 0 aromatic heterocycles. The summed E-state index contributed by atoms with van der Waals surface area (Å²) in [5.41, 5.74) is 0. The quantitative estimate of drug-likeness (QED) is 0.612. The van der Waals surface area contributed by atoms with Gasteiger partial charge < -0.3 is 24.4 Å². The van der Waals surface area contributed by atoms with Gasteiger partial charge in [0.15, 0.2) is 18.4 Å². The predicted molar refractivity (Wildman–Crippen MR) is 46.1 cm³/mol. The molecule has 4 atom stereocenters. The first kappa shape index (κ1) is 10.3. The zero-order valence-corrected chi connectivity index (χ0v) is 8.34. The van der Waals surface area contributed by atoms with E-state index in [0.29, 0.717) is 6.61 Å². The Morgan fingerprint density at radius 3 is 2.79 bits per heavy atom. The number of aliphatic hydroxyl groups is 2. The molecule has 0 amide bonds. The van der Waals surface area contributed by atoms with Gasteiger partial charge in [0, 0.05) is 11.8 Å². The summed E-state index contributed by atoms with van der Waals surface area (Å²) in [5.74, 6) is -1.07. The second kappa shape index (κ2) is 3.43. The first-order chi connectivity index (χ1) is 6.53. The van der Waals surface area contributed by atoms with Crippen molar-refractivity contribution in [1.82, 2.24) is 0 Å². The van der Waals surface area contributed by atoms with Crippen molar-refractivity contribution in [3.8, 4) is 0 Å². The Balaban J connectivity index is 2.07. The van der Waals surface area contributed by atoms with Crippen molar-refractivity contribution >= 4 is 0 Å². The molecule has 5 heteroatoms. The Hall–Kier alpha value is -0.200. The van der Waals surface area contributed by atoms with Crippen LogP contribution in [0, 0.1) is 11.8 Å². The molecule has 0 saturated carbocycles. The van der Waals surface area contributed by atoms with E-state index in [4.69, 9.17) is 19.3 Å². The van der Waals surface area contributed by atoms with E-state index in [1.54, 1.807) is 13.8 Å². The number of hydrogen-bond acceptors (Lipinski definition) is 5. The second-order valence-corrected chi connectivity index (χ2v) is 4.23. The maximum absolute atomic E-state index is 9.47. The fraction of sp³-hybridized carbons (Fsp3) is 1.00. The van der Waals surface area contributed by atoms with Gasteiger partial charge in [-0.3, -0.25) is 0 Å². The molecule has 0 radical (unpaired) electrons. The Morgan fingerprint density at radius 1 is 1.43 bits per heavy atom. The molecule has 0 aromatic carbocycles. The standard InChI is InChI=1S/C9H16O5/c1-9(2)12-4-6-5(3-10)7(11)13-8(6)14-9/h5-8,10-11H,3-4H2,1-2H3/t5-,6+,7-,8-/m0/s1. The molecule has 2 saturated heterocycles. The van der Waals surface area contributed by atoms with Gasteiger partial charge in [-0.2, -0.15) is 0 Å².